The molecular weight excluding hydrogens is 702 g/mol. The minimum atomic E-state index is -2.83. The van der Waals surface area contributed by atoms with E-state index in [-0.39, 0.29) is 16.5 Å². The Morgan fingerprint density at radius 2 is 1.27 bits per heavy atom. The van der Waals surface area contributed by atoms with Crippen LogP contribution < -0.4 is 10.6 Å². The summed E-state index contributed by atoms with van der Waals surface area (Å²) in [7, 11) is 2.96. The number of halogens is 3. The van der Waals surface area contributed by atoms with Crippen LogP contribution in [0.4, 0.5) is 24.5 Å². The maximum Gasteiger partial charge on any atom is 0.282 e. The molecule has 55 heavy (non-hydrogen) atoms. The van der Waals surface area contributed by atoms with Crippen LogP contribution in [-0.2, 0) is 14.1 Å². The molecule has 0 bridgehead atoms. The molecule has 2 amide bonds. The van der Waals surface area contributed by atoms with Crippen LogP contribution in [0.15, 0.2) is 103 Å². The third-order valence-corrected chi connectivity index (χ3v) is 8.18. The third kappa shape index (κ3) is 9.78. The number of carbonyl (C=O) groups is 2. The van der Waals surface area contributed by atoms with Crippen molar-refractivity contribution in [2.75, 3.05) is 10.6 Å². The number of nitrogens with zero attached hydrogens (tertiary/aromatic N) is 4. The minimum Gasteiger partial charge on any atom is -0.321 e. The molecule has 0 aliphatic heterocycles. The lowest BCUT2D eigenvalue weighted by molar-refractivity contribution is 0.100. The minimum absolute atomic E-state index is 0.0462. The second kappa shape index (κ2) is 16.9. The lowest BCUT2D eigenvalue weighted by Gasteiger charge is -2.11. The van der Waals surface area contributed by atoms with Crippen LogP contribution in [0.2, 0.25) is 0 Å². The van der Waals surface area contributed by atoms with Gasteiger partial charge in [0, 0.05) is 59.3 Å². The highest BCUT2D eigenvalue weighted by molar-refractivity contribution is 6.07. The molecule has 0 fully saturated rings. The number of hydrogen-bond donors (Lipinski definition) is 2. The first kappa shape index (κ1) is 39.4. The number of rotatable bonds is 7. The fraction of sp³-hybridized carbons (Fsp3) is 0.182. The number of hydrogen-bond acceptors (Lipinski definition) is 4. The molecule has 2 aromatic heterocycles. The van der Waals surface area contributed by atoms with Crippen molar-refractivity contribution in [3.8, 4) is 46.4 Å². The topological polar surface area (TPSA) is 93.8 Å². The number of anilines is 2. The highest BCUT2D eigenvalue weighted by atomic mass is 19.3. The number of aromatic nitrogens is 4. The fourth-order valence-corrected chi connectivity index (χ4v) is 5.53. The largest absolute Gasteiger partial charge is 0.321 e. The van der Waals surface area contributed by atoms with Gasteiger partial charge in [-0.2, -0.15) is 14.6 Å². The number of amides is 2. The average Bonchev–Trinajstić information content (AvgIpc) is 3.68. The molecule has 11 heteroatoms. The molecular formula is C44H39F3N6O2. The van der Waals surface area contributed by atoms with Gasteiger partial charge in [0.25, 0.3) is 18.2 Å². The van der Waals surface area contributed by atoms with Gasteiger partial charge in [0.05, 0.1) is 11.3 Å². The lowest BCUT2D eigenvalue weighted by atomic mass is 9.97. The Morgan fingerprint density at radius 3 is 1.75 bits per heavy atom. The zero-order chi connectivity index (χ0) is 39.9. The normalized spacial score (nSPS) is 10.8. The molecule has 0 aliphatic rings. The number of nitrogens with one attached hydrogen (secondary N) is 2. The van der Waals surface area contributed by atoms with Crippen LogP contribution in [-0.4, -0.2) is 31.4 Å². The van der Waals surface area contributed by atoms with E-state index in [0.717, 1.165) is 38.1 Å². The van der Waals surface area contributed by atoms with Crippen molar-refractivity contribution >= 4 is 23.2 Å². The quantitative estimate of drug-likeness (QED) is 0.160. The van der Waals surface area contributed by atoms with Crippen LogP contribution in [0, 0.1) is 42.5 Å². The van der Waals surface area contributed by atoms with Gasteiger partial charge >= 0.3 is 0 Å². The molecule has 2 heterocycles. The molecule has 0 atom stereocenters. The van der Waals surface area contributed by atoms with E-state index in [1.807, 2.05) is 66.7 Å². The van der Waals surface area contributed by atoms with E-state index in [1.54, 1.807) is 37.3 Å². The highest BCUT2D eigenvalue weighted by Crippen LogP contribution is 2.31. The summed E-state index contributed by atoms with van der Waals surface area (Å²) in [6.45, 7) is 7.82. The van der Waals surface area contributed by atoms with E-state index < -0.39 is 29.9 Å². The number of benzene rings is 4. The van der Waals surface area contributed by atoms with Crippen LogP contribution in [0.25, 0.3) is 22.3 Å². The molecule has 278 valence electrons. The molecule has 8 nitrogen and oxygen atoms in total. The van der Waals surface area contributed by atoms with E-state index in [0.29, 0.717) is 17.1 Å². The number of aryl methyl sites for hydroxylation is 3. The lowest BCUT2D eigenvalue weighted by Crippen LogP contribution is -2.15. The molecule has 0 radical (unpaired) electrons. The zero-order valence-corrected chi connectivity index (χ0v) is 31.2. The van der Waals surface area contributed by atoms with Gasteiger partial charge in [-0.05, 0) is 75.2 Å². The summed E-state index contributed by atoms with van der Waals surface area (Å²) in [6, 6.07) is 29.7. The summed E-state index contributed by atoms with van der Waals surface area (Å²) in [5.74, 6) is 7.12. The maximum absolute atomic E-state index is 14.2. The molecule has 0 spiro atoms. The maximum atomic E-state index is 14.2. The first-order valence-corrected chi connectivity index (χ1v) is 17.2. The summed E-state index contributed by atoms with van der Waals surface area (Å²) in [5.41, 5.74) is 5.72. The van der Waals surface area contributed by atoms with Crippen molar-refractivity contribution in [2.24, 2.45) is 19.5 Å². The number of carbonyl (C=O) groups excluding carboxylic acids is 2. The van der Waals surface area contributed by atoms with Crippen molar-refractivity contribution in [3.05, 3.63) is 143 Å². The molecule has 0 unspecified atom stereocenters. The Morgan fingerprint density at radius 1 is 0.764 bits per heavy atom. The van der Waals surface area contributed by atoms with Gasteiger partial charge in [-0.1, -0.05) is 78.4 Å². The second-order valence-electron chi connectivity index (χ2n) is 13.6. The number of alkyl halides is 2. The van der Waals surface area contributed by atoms with Crippen LogP contribution in [0.5, 0.6) is 0 Å². The molecule has 0 aliphatic carbocycles. The third-order valence-electron chi connectivity index (χ3n) is 8.18. The van der Waals surface area contributed by atoms with Crippen LogP contribution in [0.1, 0.15) is 70.4 Å². The standard InChI is InChI=1S/C24H24FN3O.C20H15F2N3O/c1-16-21(22(25)28(5)27-16)23(29)26-20-9-7-6-8-19(20)18-12-10-17(11-13-18)14-15-24(2,3)4;1-3-13-8-10-14(11-9-13)15-6-4-5-7-17(15)23-20(26)16-12-25(2)24-18(16)19(21)22/h6-13H,1-5H3,(H,26,29);1,4-12,19H,2H3,(H,23,26). The molecule has 0 saturated carbocycles. The van der Waals surface area contributed by atoms with Crippen molar-refractivity contribution in [1.29, 1.82) is 0 Å². The van der Waals surface area contributed by atoms with Gasteiger partial charge in [-0.25, -0.2) is 13.5 Å². The van der Waals surface area contributed by atoms with Gasteiger partial charge in [-0.3, -0.25) is 14.3 Å². The highest BCUT2D eigenvalue weighted by Gasteiger charge is 2.24. The van der Waals surface area contributed by atoms with Crippen LogP contribution >= 0.6 is 0 Å². The summed E-state index contributed by atoms with van der Waals surface area (Å²) >= 11 is 0. The van der Waals surface area contributed by atoms with Crippen molar-refractivity contribution in [1.82, 2.24) is 19.6 Å². The zero-order valence-electron chi connectivity index (χ0n) is 31.2. The van der Waals surface area contributed by atoms with E-state index >= 15 is 0 Å². The van der Waals surface area contributed by atoms with E-state index in [9.17, 15) is 22.8 Å². The average molecular weight is 741 g/mol. The molecule has 4 aromatic carbocycles. The Bertz CT molecular complexity index is 2440. The van der Waals surface area contributed by atoms with E-state index in [2.05, 4.69) is 59.4 Å². The Balaban J connectivity index is 0.000000212. The summed E-state index contributed by atoms with van der Waals surface area (Å²) in [6.07, 6.45) is 3.81. The SMILES string of the molecule is C#Cc1ccc(-c2ccccc2NC(=O)c2cn(C)nc2C(F)F)cc1.Cc1nn(C)c(F)c1C(=O)Nc1ccccc1-c1ccc(C#CC(C)(C)C)cc1. The summed E-state index contributed by atoms with van der Waals surface area (Å²) in [4.78, 5) is 25.2. The Labute approximate surface area is 318 Å². The molecule has 2 N–H and O–H groups in total. The van der Waals surface area contributed by atoms with Gasteiger partial charge in [0.1, 0.15) is 11.3 Å². The van der Waals surface area contributed by atoms with Crippen molar-refractivity contribution in [2.45, 2.75) is 34.1 Å². The van der Waals surface area contributed by atoms with Gasteiger partial charge in [0.15, 0.2) is 0 Å². The summed E-state index contributed by atoms with van der Waals surface area (Å²) in [5, 5.41) is 13.1. The van der Waals surface area contributed by atoms with Crippen LogP contribution in [0.3, 0.4) is 0 Å². The fourth-order valence-electron chi connectivity index (χ4n) is 5.53. The van der Waals surface area contributed by atoms with E-state index in [1.165, 1.54) is 25.0 Å². The van der Waals surface area contributed by atoms with Gasteiger partial charge in [-0.15, -0.1) is 6.42 Å². The van der Waals surface area contributed by atoms with Crippen molar-refractivity contribution < 1.29 is 22.8 Å². The first-order valence-electron chi connectivity index (χ1n) is 17.2. The second-order valence-corrected chi connectivity index (χ2v) is 13.6. The van der Waals surface area contributed by atoms with Crippen molar-refractivity contribution in [3.63, 3.8) is 0 Å². The molecule has 6 rings (SSSR count). The monoisotopic (exact) mass is 740 g/mol. The summed E-state index contributed by atoms with van der Waals surface area (Å²) < 4.78 is 42.7. The first-order chi connectivity index (χ1) is 26.1. The van der Waals surface area contributed by atoms with Gasteiger partial charge in [0.2, 0.25) is 5.95 Å². The number of terminal acetylenes is 1. The Kier molecular flexibility index (Phi) is 12.1. The molecule has 6 aromatic rings. The predicted molar refractivity (Wildman–Crippen MR) is 210 cm³/mol. The number of para-hydroxylation sites is 2. The van der Waals surface area contributed by atoms with Gasteiger partial charge < -0.3 is 10.6 Å². The predicted octanol–water partition coefficient (Wildman–Crippen LogP) is 9.44. The van der Waals surface area contributed by atoms with E-state index in [4.69, 9.17) is 6.42 Å². The smallest absolute Gasteiger partial charge is 0.282 e. The Hall–Kier alpha value is -6.85. The molecule has 0 saturated heterocycles.